The summed E-state index contributed by atoms with van der Waals surface area (Å²) < 4.78 is 1.47. The van der Waals surface area contributed by atoms with E-state index in [1.807, 2.05) is 6.07 Å². The lowest BCUT2D eigenvalue weighted by Gasteiger charge is -2.32. The van der Waals surface area contributed by atoms with Crippen LogP contribution in [-0.2, 0) is 11.8 Å². The largest absolute Gasteiger partial charge is 0.337 e. The van der Waals surface area contributed by atoms with Gasteiger partial charge in [-0.25, -0.2) is 4.98 Å². The Morgan fingerprint density at radius 3 is 2.73 bits per heavy atom. The summed E-state index contributed by atoms with van der Waals surface area (Å²) in [4.78, 5) is 29.6. The van der Waals surface area contributed by atoms with Gasteiger partial charge in [0.05, 0.1) is 22.2 Å². The van der Waals surface area contributed by atoms with Crippen LogP contribution < -0.4 is 10.9 Å². The summed E-state index contributed by atoms with van der Waals surface area (Å²) in [5, 5.41) is 13.1. The molecule has 0 radical (unpaired) electrons. The van der Waals surface area contributed by atoms with Crippen LogP contribution >= 0.6 is 11.8 Å². The Balaban J connectivity index is 1.79. The number of para-hydroxylation sites is 1. The van der Waals surface area contributed by atoms with Crippen LogP contribution in [0.4, 0.5) is 0 Å². The molecule has 2 aromatic rings. The molecule has 1 fully saturated rings. The maximum atomic E-state index is 12.6. The number of hydrogen-bond acceptors (Lipinski definition) is 5. The van der Waals surface area contributed by atoms with Gasteiger partial charge in [0.1, 0.15) is 5.54 Å². The minimum Gasteiger partial charge on any atom is -0.337 e. The van der Waals surface area contributed by atoms with Crippen LogP contribution in [0.1, 0.15) is 39.0 Å². The molecular formula is C19H22N4O2S. The highest BCUT2D eigenvalue weighted by Gasteiger charge is 2.35. The highest BCUT2D eigenvalue weighted by atomic mass is 32.2. The van der Waals surface area contributed by atoms with E-state index in [0.717, 1.165) is 19.3 Å². The van der Waals surface area contributed by atoms with Crippen molar-refractivity contribution >= 4 is 28.6 Å². The number of nitrogens with zero attached hydrogens (tertiary/aromatic N) is 3. The first kappa shape index (κ1) is 18.5. The molecule has 1 aliphatic rings. The zero-order valence-corrected chi connectivity index (χ0v) is 15.8. The Kier molecular flexibility index (Phi) is 5.33. The van der Waals surface area contributed by atoms with Gasteiger partial charge in [0.25, 0.3) is 5.56 Å². The van der Waals surface area contributed by atoms with Crippen LogP contribution in [0.25, 0.3) is 10.9 Å². The second-order valence-corrected chi connectivity index (χ2v) is 8.09. The quantitative estimate of drug-likeness (QED) is 0.660. The van der Waals surface area contributed by atoms with Gasteiger partial charge >= 0.3 is 0 Å². The van der Waals surface area contributed by atoms with Gasteiger partial charge in [0, 0.05) is 7.05 Å². The van der Waals surface area contributed by atoms with Gasteiger partial charge in [0.15, 0.2) is 5.16 Å². The van der Waals surface area contributed by atoms with E-state index in [1.54, 1.807) is 32.2 Å². The van der Waals surface area contributed by atoms with E-state index in [2.05, 4.69) is 16.4 Å². The van der Waals surface area contributed by atoms with Crippen molar-refractivity contribution < 1.29 is 4.79 Å². The van der Waals surface area contributed by atoms with Crippen LogP contribution in [0.5, 0.6) is 0 Å². The Bertz CT molecular complexity index is 925. The molecule has 1 aliphatic carbocycles. The van der Waals surface area contributed by atoms with Crippen molar-refractivity contribution in [3.05, 3.63) is 34.6 Å². The summed E-state index contributed by atoms with van der Waals surface area (Å²) in [5.74, 6) is -0.194. The highest BCUT2D eigenvalue weighted by Crippen LogP contribution is 2.29. The van der Waals surface area contributed by atoms with Crippen LogP contribution in [0, 0.1) is 11.3 Å². The van der Waals surface area contributed by atoms with Gasteiger partial charge in [-0.05, 0) is 31.9 Å². The Morgan fingerprint density at radius 2 is 2.04 bits per heavy atom. The van der Waals surface area contributed by atoms with Crippen LogP contribution in [0.3, 0.4) is 0 Å². The topological polar surface area (TPSA) is 87.8 Å². The number of aromatic nitrogens is 2. The molecule has 1 heterocycles. The molecule has 1 saturated carbocycles. The van der Waals surface area contributed by atoms with E-state index in [1.165, 1.54) is 16.3 Å². The normalized spacial score (nSPS) is 17.4. The minimum atomic E-state index is -0.757. The third-order valence-corrected chi connectivity index (χ3v) is 6.02. The summed E-state index contributed by atoms with van der Waals surface area (Å²) in [6.07, 6.45) is 4.40. The first-order valence-electron chi connectivity index (χ1n) is 8.81. The van der Waals surface area contributed by atoms with Crippen molar-refractivity contribution in [1.82, 2.24) is 14.9 Å². The van der Waals surface area contributed by atoms with E-state index in [0.29, 0.717) is 28.9 Å². The molecule has 136 valence electrons. The monoisotopic (exact) mass is 370 g/mol. The van der Waals surface area contributed by atoms with E-state index in [-0.39, 0.29) is 11.5 Å². The highest BCUT2D eigenvalue weighted by molar-refractivity contribution is 8.00. The van der Waals surface area contributed by atoms with Gasteiger partial charge < -0.3 is 5.32 Å². The van der Waals surface area contributed by atoms with Crippen molar-refractivity contribution in [3.8, 4) is 6.07 Å². The fourth-order valence-electron chi connectivity index (χ4n) is 3.27. The maximum absolute atomic E-state index is 12.6. The Hall–Kier alpha value is -2.33. The van der Waals surface area contributed by atoms with Crippen molar-refractivity contribution in [2.75, 3.05) is 0 Å². The number of hydrogen-bond donors (Lipinski definition) is 1. The average molecular weight is 370 g/mol. The molecule has 1 aromatic heterocycles. The number of fused-ring (bicyclic) bond motifs is 1. The lowest BCUT2D eigenvalue weighted by atomic mass is 9.83. The molecule has 1 unspecified atom stereocenters. The Labute approximate surface area is 156 Å². The predicted octanol–water partition coefficient (Wildman–Crippen LogP) is 2.76. The molecule has 0 aliphatic heterocycles. The first-order valence-corrected chi connectivity index (χ1v) is 9.69. The maximum Gasteiger partial charge on any atom is 0.261 e. The summed E-state index contributed by atoms with van der Waals surface area (Å²) in [6.45, 7) is 1.77. The standard InChI is InChI=1S/C19H22N4O2S/c1-13(16(24)22-19(12-20)10-6-3-7-11-19)26-18-21-15-9-5-4-8-14(15)17(25)23(18)2/h4-5,8-9,13H,3,6-7,10-11H2,1-2H3,(H,22,24). The Morgan fingerprint density at radius 1 is 1.35 bits per heavy atom. The van der Waals surface area contributed by atoms with Gasteiger partial charge in [-0.3, -0.25) is 14.2 Å². The summed E-state index contributed by atoms with van der Waals surface area (Å²) in [6, 6.07) is 9.47. The van der Waals surface area contributed by atoms with E-state index in [4.69, 9.17) is 0 Å². The summed E-state index contributed by atoms with van der Waals surface area (Å²) in [5.41, 5.74) is -0.273. The smallest absolute Gasteiger partial charge is 0.261 e. The van der Waals surface area contributed by atoms with Crippen LogP contribution in [0.2, 0.25) is 0 Å². The van der Waals surface area contributed by atoms with Crippen molar-refractivity contribution in [2.24, 2.45) is 7.05 Å². The number of carbonyl (C=O) groups excluding carboxylic acids is 1. The number of rotatable bonds is 4. The third kappa shape index (κ3) is 3.61. The second-order valence-electron chi connectivity index (χ2n) is 6.78. The predicted molar refractivity (Wildman–Crippen MR) is 102 cm³/mol. The lowest BCUT2D eigenvalue weighted by molar-refractivity contribution is -0.121. The van der Waals surface area contributed by atoms with Gasteiger partial charge in [0.2, 0.25) is 5.91 Å². The molecule has 0 spiro atoms. The fraction of sp³-hybridized carbons (Fsp3) is 0.474. The minimum absolute atomic E-state index is 0.133. The first-order chi connectivity index (χ1) is 12.5. The molecule has 6 nitrogen and oxygen atoms in total. The molecule has 7 heteroatoms. The van der Waals surface area contributed by atoms with Crippen LogP contribution in [0.15, 0.2) is 34.2 Å². The molecule has 3 rings (SSSR count). The molecule has 0 bridgehead atoms. The number of carbonyl (C=O) groups is 1. The van der Waals surface area contributed by atoms with Crippen LogP contribution in [-0.4, -0.2) is 26.2 Å². The molecule has 1 amide bonds. The molecule has 26 heavy (non-hydrogen) atoms. The number of benzene rings is 1. The van der Waals surface area contributed by atoms with Gasteiger partial charge in [-0.1, -0.05) is 43.2 Å². The van der Waals surface area contributed by atoms with E-state index in [9.17, 15) is 14.9 Å². The lowest BCUT2D eigenvalue weighted by Crippen LogP contribution is -2.51. The molecule has 0 saturated heterocycles. The van der Waals surface area contributed by atoms with E-state index < -0.39 is 10.8 Å². The fourth-order valence-corrected chi connectivity index (χ4v) is 4.15. The summed E-state index contributed by atoms with van der Waals surface area (Å²) >= 11 is 1.24. The number of nitriles is 1. The van der Waals surface area contributed by atoms with Crippen molar-refractivity contribution in [1.29, 1.82) is 5.26 Å². The molecule has 1 atom stereocenters. The zero-order chi connectivity index (χ0) is 18.7. The van der Waals surface area contributed by atoms with E-state index >= 15 is 0 Å². The number of nitrogens with one attached hydrogen (secondary N) is 1. The molecule has 1 N–H and O–H groups in total. The average Bonchev–Trinajstić information content (AvgIpc) is 2.66. The molecule has 1 aromatic carbocycles. The van der Waals surface area contributed by atoms with Crippen molar-refractivity contribution in [2.45, 2.75) is 55.0 Å². The van der Waals surface area contributed by atoms with Crippen molar-refractivity contribution in [3.63, 3.8) is 0 Å². The number of amides is 1. The number of thioether (sulfide) groups is 1. The summed E-state index contributed by atoms with van der Waals surface area (Å²) in [7, 11) is 1.66. The third-order valence-electron chi connectivity index (χ3n) is 4.88. The SMILES string of the molecule is CC(Sc1nc2ccccc2c(=O)n1C)C(=O)NC1(C#N)CCCCC1. The molecular weight excluding hydrogens is 348 g/mol. The second kappa shape index (κ2) is 7.50. The van der Waals surface area contributed by atoms with Gasteiger partial charge in [-0.2, -0.15) is 5.26 Å². The van der Waals surface area contributed by atoms with Gasteiger partial charge in [-0.15, -0.1) is 0 Å². The zero-order valence-electron chi connectivity index (χ0n) is 15.0.